The highest BCUT2D eigenvalue weighted by Gasteiger charge is 2.25. The molecule has 1 saturated heterocycles. The zero-order valence-electron chi connectivity index (χ0n) is 6.57. The summed E-state index contributed by atoms with van der Waals surface area (Å²) >= 11 is 6.19. The van der Waals surface area contributed by atoms with Crippen LogP contribution in [-0.4, -0.2) is 39.6 Å². The van der Waals surface area contributed by atoms with E-state index in [0.717, 1.165) is 0 Å². The molecule has 13 heavy (non-hydrogen) atoms. The van der Waals surface area contributed by atoms with Crippen molar-refractivity contribution in [1.29, 1.82) is 0 Å². The van der Waals surface area contributed by atoms with Crippen LogP contribution in [0.5, 0.6) is 0 Å². The molecule has 0 aromatic carbocycles. The molecule has 1 unspecified atom stereocenters. The normalized spacial score (nSPS) is 20.9. The number of hydrogen-bond donors (Lipinski definition) is 3. The van der Waals surface area contributed by atoms with Gasteiger partial charge in [0, 0.05) is 5.75 Å². The lowest BCUT2D eigenvalue weighted by molar-refractivity contribution is -0.138. The highest BCUT2D eigenvalue weighted by Crippen LogP contribution is 2.12. The summed E-state index contributed by atoms with van der Waals surface area (Å²) in [6, 6.07) is -0.392. The second kappa shape index (κ2) is 4.43. The Bertz CT molecular complexity index is 256. The molecule has 1 fully saturated rings. The molecule has 1 atom stereocenters. The average Bonchev–Trinajstić information content (AvgIpc) is 2.47. The van der Waals surface area contributed by atoms with Gasteiger partial charge >= 0.3 is 5.97 Å². The van der Waals surface area contributed by atoms with Crippen molar-refractivity contribution in [1.82, 2.24) is 10.6 Å². The van der Waals surface area contributed by atoms with Gasteiger partial charge < -0.3 is 15.7 Å². The van der Waals surface area contributed by atoms with E-state index in [2.05, 4.69) is 10.6 Å². The fourth-order valence-electron chi connectivity index (χ4n) is 0.812. The lowest BCUT2D eigenvalue weighted by Crippen LogP contribution is -2.44. The summed E-state index contributed by atoms with van der Waals surface area (Å²) in [5, 5.41) is 13.3. The van der Waals surface area contributed by atoms with E-state index in [9.17, 15) is 9.59 Å². The van der Waals surface area contributed by atoms with E-state index >= 15 is 0 Å². The second-order valence-corrected chi connectivity index (χ2v) is 4.10. The monoisotopic (exact) mass is 220 g/mol. The Balaban J connectivity index is 2.31. The van der Waals surface area contributed by atoms with Gasteiger partial charge in [-0.3, -0.25) is 9.59 Å². The van der Waals surface area contributed by atoms with E-state index in [1.54, 1.807) is 0 Å². The molecule has 1 aliphatic heterocycles. The smallest absolute Gasteiger partial charge is 0.322 e. The fraction of sp³-hybridized carbons (Fsp3) is 0.500. The van der Waals surface area contributed by atoms with Crippen LogP contribution in [0.3, 0.4) is 0 Å². The van der Waals surface area contributed by atoms with Crippen LogP contribution in [0.25, 0.3) is 0 Å². The molecule has 0 aromatic rings. The highest BCUT2D eigenvalue weighted by atomic mass is 32.2. The third-order valence-corrected chi connectivity index (χ3v) is 2.75. The number of amides is 1. The minimum atomic E-state index is -1.05. The van der Waals surface area contributed by atoms with Crippen molar-refractivity contribution >= 4 is 40.2 Å². The summed E-state index contributed by atoms with van der Waals surface area (Å²) in [5.74, 6) is -0.819. The van der Waals surface area contributed by atoms with E-state index in [4.69, 9.17) is 17.3 Å². The molecule has 0 aliphatic carbocycles. The SMILES string of the molecule is O=C(O)CNC(=O)C1CSC(=S)N1. The predicted molar refractivity (Wildman–Crippen MR) is 52.6 cm³/mol. The summed E-state index contributed by atoms with van der Waals surface area (Å²) in [6.45, 7) is -0.353. The van der Waals surface area contributed by atoms with Crippen molar-refractivity contribution in [3.63, 3.8) is 0 Å². The van der Waals surface area contributed by atoms with Gasteiger partial charge in [0.25, 0.3) is 0 Å². The van der Waals surface area contributed by atoms with Crippen molar-refractivity contribution in [2.24, 2.45) is 0 Å². The first kappa shape index (κ1) is 10.3. The molecule has 1 heterocycles. The number of nitrogens with one attached hydrogen (secondary N) is 2. The molecule has 3 N–H and O–H groups in total. The Morgan fingerprint density at radius 3 is 2.92 bits per heavy atom. The van der Waals surface area contributed by atoms with Gasteiger partial charge in [-0.05, 0) is 0 Å². The number of carboxylic acid groups (broad SMARTS) is 1. The standard InChI is InChI=1S/C6H8N2O3S2/c9-4(10)1-7-5(11)3-2-13-6(12)8-3/h3H,1-2H2,(H,7,11)(H,8,12)(H,9,10). The zero-order valence-corrected chi connectivity index (χ0v) is 8.20. The Kier molecular flexibility index (Phi) is 3.49. The van der Waals surface area contributed by atoms with Crippen molar-refractivity contribution in [2.75, 3.05) is 12.3 Å². The van der Waals surface area contributed by atoms with Gasteiger partial charge in [-0.25, -0.2) is 0 Å². The Hall–Kier alpha value is -0.820. The molecule has 5 nitrogen and oxygen atoms in total. The van der Waals surface area contributed by atoms with E-state index in [-0.39, 0.29) is 12.5 Å². The molecular formula is C6H8N2O3S2. The van der Waals surface area contributed by atoms with Crippen LogP contribution < -0.4 is 10.6 Å². The number of thiocarbonyl (C=S) groups is 1. The van der Waals surface area contributed by atoms with Gasteiger partial charge in [-0.15, -0.1) is 0 Å². The maximum absolute atomic E-state index is 11.2. The Labute approximate surface area is 84.3 Å². The predicted octanol–water partition coefficient (Wildman–Crippen LogP) is -0.823. The van der Waals surface area contributed by atoms with Gasteiger partial charge in [0.1, 0.15) is 16.9 Å². The minimum absolute atomic E-state index is 0.324. The van der Waals surface area contributed by atoms with Crippen LogP contribution >= 0.6 is 24.0 Å². The van der Waals surface area contributed by atoms with E-state index in [0.29, 0.717) is 10.1 Å². The van der Waals surface area contributed by atoms with Gasteiger partial charge in [0.15, 0.2) is 0 Å². The Morgan fingerprint density at radius 1 is 1.77 bits per heavy atom. The van der Waals surface area contributed by atoms with E-state index in [1.807, 2.05) is 0 Å². The van der Waals surface area contributed by atoms with Crippen molar-refractivity contribution in [3.05, 3.63) is 0 Å². The lowest BCUT2D eigenvalue weighted by Gasteiger charge is -2.08. The molecule has 0 radical (unpaired) electrons. The van der Waals surface area contributed by atoms with Gasteiger partial charge in [0.05, 0.1) is 0 Å². The van der Waals surface area contributed by atoms with Crippen molar-refractivity contribution in [2.45, 2.75) is 6.04 Å². The first-order valence-electron chi connectivity index (χ1n) is 3.52. The quantitative estimate of drug-likeness (QED) is 0.539. The number of hydrogen-bond acceptors (Lipinski definition) is 4. The minimum Gasteiger partial charge on any atom is -0.480 e. The molecule has 1 amide bonds. The van der Waals surface area contributed by atoms with Gasteiger partial charge in [-0.2, -0.15) is 0 Å². The molecule has 7 heteroatoms. The maximum atomic E-state index is 11.2. The van der Waals surface area contributed by atoms with Crippen LogP contribution in [0.15, 0.2) is 0 Å². The summed E-state index contributed by atoms with van der Waals surface area (Å²) in [4.78, 5) is 21.3. The summed E-state index contributed by atoms with van der Waals surface area (Å²) in [6.07, 6.45) is 0. The lowest BCUT2D eigenvalue weighted by atomic mass is 10.3. The molecule has 1 aliphatic rings. The molecule has 0 aromatic heterocycles. The zero-order chi connectivity index (χ0) is 9.84. The summed E-state index contributed by atoms with van der Waals surface area (Å²) in [7, 11) is 0. The molecule has 0 bridgehead atoms. The molecular weight excluding hydrogens is 212 g/mol. The third kappa shape index (κ3) is 3.19. The van der Waals surface area contributed by atoms with Crippen LogP contribution in [0.2, 0.25) is 0 Å². The molecule has 72 valence electrons. The number of carbonyl (C=O) groups is 2. The molecule has 0 spiro atoms. The number of carboxylic acids is 1. The number of carbonyl (C=O) groups excluding carboxylic acids is 1. The summed E-state index contributed by atoms with van der Waals surface area (Å²) in [5.41, 5.74) is 0. The fourth-order valence-corrected chi connectivity index (χ4v) is 1.94. The van der Waals surface area contributed by atoms with Crippen LogP contribution in [0.1, 0.15) is 0 Å². The highest BCUT2D eigenvalue weighted by molar-refractivity contribution is 8.23. The number of rotatable bonds is 3. The van der Waals surface area contributed by atoms with Crippen molar-refractivity contribution < 1.29 is 14.7 Å². The van der Waals surface area contributed by atoms with E-state index in [1.165, 1.54) is 11.8 Å². The third-order valence-electron chi connectivity index (χ3n) is 1.40. The largest absolute Gasteiger partial charge is 0.480 e. The topological polar surface area (TPSA) is 78.4 Å². The first-order chi connectivity index (χ1) is 6.09. The number of thioether (sulfide) groups is 1. The molecule has 1 rings (SSSR count). The maximum Gasteiger partial charge on any atom is 0.322 e. The van der Waals surface area contributed by atoms with E-state index < -0.39 is 12.0 Å². The number of aliphatic carboxylic acids is 1. The van der Waals surface area contributed by atoms with Crippen LogP contribution in [0, 0.1) is 0 Å². The Morgan fingerprint density at radius 2 is 2.46 bits per heavy atom. The average molecular weight is 220 g/mol. The van der Waals surface area contributed by atoms with Crippen LogP contribution in [-0.2, 0) is 9.59 Å². The van der Waals surface area contributed by atoms with Gasteiger partial charge in [0.2, 0.25) is 5.91 Å². The van der Waals surface area contributed by atoms with Gasteiger partial charge in [-0.1, -0.05) is 24.0 Å². The first-order valence-corrected chi connectivity index (χ1v) is 4.92. The second-order valence-electron chi connectivity index (χ2n) is 2.41. The van der Waals surface area contributed by atoms with Crippen LogP contribution in [0.4, 0.5) is 0 Å². The molecule has 0 saturated carbocycles. The van der Waals surface area contributed by atoms with Crippen molar-refractivity contribution in [3.8, 4) is 0 Å². The summed E-state index contributed by atoms with van der Waals surface area (Å²) < 4.78 is 0.579.